The van der Waals surface area contributed by atoms with Gasteiger partial charge < -0.3 is 15.7 Å². The Morgan fingerprint density at radius 3 is 2.45 bits per heavy atom. The van der Waals surface area contributed by atoms with E-state index in [1.807, 2.05) is 13.8 Å². The van der Waals surface area contributed by atoms with Crippen LogP contribution in [0, 0.1) is 23.2 Å². The number of aliphatic carboxylic acids is 1. The van der Waals surface area contributed by atoms with Gasteiger partial charge in [0.25, 0.3) is 0 Å². The van der Waals surface area contributed by atoms with Crippen LogP contribution in [0.1, 0.15) is 40.0 Å². The van der Waals surface area contributed by atoms with Crippen LogP contribution in [0.5, 0.6) is 0 Å². The van der Waals surface area contributed by atoms with E-state index < -0.39 is 5.97 Å². The molecule has 5 nitrogen and oxygen atoms in total. The molecule has 0 aromatic heterocycles. The zero-order valence-electron chi connectivity index (χ0n) is 12.6. The maximum Gasteiger partial charge on any atom is 0.307 e. The van der Waals surface area contributed by atoms with Crippen molar-refractivity contribution in [1.82, 2.24) is 10.6 Å². The minimum absolute atomic E-state index is 0.0983. The quantitative estimate of drug-likeness (QED) is 0.725. The summed E-state index contributed by atoms with van der Waals surface area (Å²) in [5.74, 6) is -0.291. The van der Waals surface area contributed by atoms with Crippen LogP contribution in [0.3, 0.4) is 0 Å². The molecule has 2 rings (SSSR count). The van der Waals surface area contributed by atoms with Gasteiger partial charge in [0.05, 0.1) is 5.92 Å². The van der Waals surface area contributed by atoms with E-state index in [9.17, 15) is 14.7 Å². The highest BCUT2D eigenvalue weighted by Crippen LogP contribution is 2.45. The second kappa shape index (κ2) is 5.72. The third-order valence-electron chi connectivity index (χ3n) is 5.43. The number of rotatable bonds is 4. The van der Waals surface area contributed by atoms with Crippen LogP contribution < -0.4 is 10.6 Å². The molecule has 1 aliphatic carbocycles. The number of hydrogen-bond donors (Lipinski definition) is 3. The van der Waals surface area contributed by atoms with E-state index in [4.69, 9.17) is 0 Å². The van der Waals surface area contributed by atoms with Crippen LogP contribution >= 0.6 is 0 Å². The number of nitrogens with one attached hydrogen (secondary N) is 2. The summed E-state index contributed by atoms with van der Waals surface area (Å²) in [5, 5.41) is 15.6. The van der Waals surface area contributed by atoms with Crippen LogP contribution in [-0.2, 0) is 9.59 Å². The maximum absolute atomic E-state index is 12.0. The lowest BCUT2D eigenvalue weighted by Crippen LogP contribution is -2.53. The molecular weight excluding hydrogens is 256 g/mol. The van der Waals surface area contributed by atoms with Crippen molar-refractivity contribution in [2.45, 2.75) is 46.1 Å². The van der Waals surface area contributed by atoms with Crippen molar-refractivity contribution >= 4 is 11.9 Å². The molecule has 3 atom stereocenters. The molecule has 1 aliphatic heterocycles. The minimum Gasteiger partial charge on any atom is -0.481 e. The number of carboxylic acid groups (broad SMARTS) is 1. The normalized spacial score (nSPS) is 33.2. The van der Waals surface area contributed by atoms with Crippen LogP contribution in [-0.4, -0.2) is 36.1 Å². The Morgan fingerprint density at radius 2 is 1.95 bits per heavy atom. The van der Waals surface area contributed by atoms with E-state index in [-0.39, 0.29) is 29.2 Å². The molecule has 0 bridgehead atoms. The predicted molar refractivity (Wildman–Crippen MR) is 76.2 cm³/mol. The van der Waals surface area contributed by atoms with Crippen LogP contribution in [0.4, 0.5) is 0 Å². The third-order valence-corrected chi connectivity index (χ3v) is 5.43. The first kappa shape index (κ1) is 15.3. The van der Waals surface area contributed by atoms with Crippen molar-refractivity contribution in [3.05, 3.63) is 0 Å². The van der Waals surface area contributed by atoms with Gasteiger partial charge in [-0.2, -0.15) is 0 Å². The van der Waals surface area contributed by atoms with Gasteiger partial charge in [0.15, 0.2) is 0 Å². The summed E-state index contributed by atoms with van der Waals surface area (Å²) in [7, 11) is 0. The summed E-state index contributed by atoms with van der Waals surface area (Å²) in [6.07, 6.45) is 1.98. The molecule has 1 saturated heterocycles. The maximum atomic E-state index is 12.0. The van der Waals surface area contributed by atoms with Gasteiger partial charge >= 0.3 is 5.97 Å². The standard InChI is InChI=1S/C15H26N2O3/c1-9-12(17-13(18)6-10-7-16-8-10)5-4-11(14(19)20)15(9,2)3/h9-12,16H,4-8H2,1-3H3,(H,17,18)(H,19,20). The summed E-state index contributed by atoms with van der Waals surface area (Å²) in [6, 6.07) is 0.0983. The Kier molecular flexibility index (Phi) is 4.37. The number of carboxylic acids is 1. The minimum atomic E-state index is -0.716. The number of carbonyl (C=O) groups is 2. The van der Waals surface area contributed by atoms with Crippen molar-refractivity contribution in [2.75, 3.05) is 13.1 Å². The smallest absolute Gasteiger partial charge is 0.307 e. The van der Waals surface area contributed by atoms with E-state index in [0.29, 0.717) is 18.8 Å². The SMILES string of the molecule is CC1C(NC(=O)CC2CNC2)CCC(C(=O)O)C1(C)C. The molecule has 2 fully saturated rings. The molecule has 0 radical (unpaired) electrons. The fourth-order valence-corrected chi connectivity index (χ4v) is 3.46. The topological polar surface area (TPSA) is 78.4 Å². The van der Waals surface area contributed by atoms with Gasteiger partial charge in [0, 0.05) is 12.5 Å². The fraction of sp³-hybridized carbons (Fsp3) is 0.867. The Labute approximate surface area is 120 Å². The molecule has 1 amide bonds. The van der Waals surface area contributed by atoms with Crippen molar-refractivity contribution in [3.8, 4) is 0 Å². The average molecular weight is 282 g/mol. The molecule has 114 valence electrons. The molecule has 1 saturated carbocycles. The van der Waals surface area contributed by atoms with Crippen LogP contribution in [0.2, 0.25) is 0 Å². The highest BCUT2D eigenvalue weighted by atomic mass is 16.4. The van der Waals surface area contributed by atoms with Gasteiger partial charge in [-0.1, -0.05) is 20.8 Å². The Hall–Kier alpha value is -1.10. The van der Waals surface area contributed by atoms with E-state index in [1.54, 1.807) is 0 Å². The van der Waals surface area contributed by atoms with Gasteiger partial charge in [-0.3, -0.25) is 9.59 Å². The summed E-state index contributed by atoms with van der Waals surface area (Å²) in [6.45, 7) is 7.93. The fourth-order valence-electron chi connectivity index (χ4n) is 3.46. The largest absolute Gasteiger partial charge is 0.481 e. The van der Waals surface area contributed by atoms with E-state index in [1.165, 1.54) is 0 Å². The molecule has 0 aromatic carbocycles. The molecule has 3 unspecified atom stereocenters. The molecule has 5 heteroatoms. The highest BCUT2D eigenvalue weighted by Gasteiger charge is 2.46. The van der Waals surface area contributed by atoms with Gasteiger partial charge in [0.2, 0.25) is 5.91 Å². The summed E-state index contributed by atoms with van der Waals surface area (Å²) in [5.41, 5.74) is -0.292. The lowest BCUT2D eigenvalue weighted by molar-refractivity contribution is -0.150. The molecule has 20 heavy (non-hydrogen) atoms. The van der Waals surface area contributed by atoms with Crippen LogP contribution in [0.25, 0.3) is 0 Å². The monoisotopic (exact) mass is 282 g/mol. The summed E-state index contributed by atoms with van der Waals surface area (Å²) >= 11 is 0. The average Bonchev–Trinajstić information content (AvgIpc) is 2.29. The lowest BCUT2D eigenvalue weighted by atomic mass is 9.61. The highest BCUT2D eigenvalue weighted by molar-refractivity contribution is 5.77. The van der Waals surface area contributed by atoms with Gasteiger partial charge in [-0.05, 0) is 43.2 Å². The summed E-state index contributed by atoms with van der Waals surface area (Å²) in [4.78, 5) is 23.4. The zero-order chi connectivity index (χ0) is 14.9. The molecule has 0 aromatic rings. The Morgan fingerprint density at radius 1 is 1.30 bits per heavy atom. The molecule has 3 N–H and O–H groups in total. The van der Waals surface area contributed by atoms with Crippen LogP contribution in [0.15, 0.2) is 0 Å². The molecule has 0 spiro atoms. The predicted octanol–water partition coefficient (Wildman–Crippen LogP) is 1.24. The Bertz CT molecular complexity index is 391. The van der Waals surface area contributed by atoms with Crippen molar-refractivity contribution in [3.63, 3.8) is 0 Å². The molecular formula is C15H26N2O3. The van der Waals surface area contributed by atoms with E-state index in [0.717, 1.165) is 19.5 Å². The van der Waals surface area contributed by atoms with Crippen molar-refractivity contribution in [2.24, 2.45) is 23.2 Å². The van der Waals surface area contributed by atoms with E-state index in [2.05, 4.69) is 17.6 Å². The van der Waals surface area contributed by atoms with Gasteiger partial charge in [-0.25, -0.2) is 0 Å². The van der Waals surface area contributed by atoms with E-state index >= 15 is 0 Å². The number of hydrogen-bond acceptors (Lipinski definition) is 3. The van der Waals surface area contributed by atoms with Crippen molar-refractivity contribution in [1.29, 1.82) is 0 Å². The summed E-state index contributed by atoms with van der Waals surface area (Å²) < 4.78 is 0. The van der Waals surface area contributed by atoms with Crippen molar-refractivity contribution < 1.29 is 14.7 Å². The first-order valence-electron chi connectivity index (χ1n) is 7.55. The zero-order valence-corrected chi connectivity index (χ0v) is 12.6. The second-order valence-corrected chi connectivity index (χ2v) is 6.98. The van der Waals surface area contributed by atoms with Gasteiger partial charge in [0.1, 0.15) is 0 Å². The third kappa shape index (κ3) is 2.97. The molecule has 1 heterocycles. The number of amides is 1. The second-order valence-electron chi connectivity index (χ2n) is 6.98. The first-order chi connectivity index (χ1) is 9.32. The number of carbonyl (C=O) groups excluding carboxylic acids is 1. The first-order valence-corrected chi connectivity index (χ1v) is 7.55. The lowest BCUT2D eigenvalue weighted by Gasteiger charge is -2.46. The Balaban J connectivity index is 1.93. The molecule has 2 aliphatic rings. The van der Waals surface area contributed by atoms with Gasteiger partial charge in [-0.15, -0.1) is 0 Å².